The molecule has 0 spiro atoms. The summed E-state index contributed by atoms with van der Waals surface area (Å²) in [5.74, 6) is 0.455. The topological polar surface area (TPSA) is 83.2 Å². The summed E-state index contributed by atoms with van der Waals surface area (Å²) in [4.78, 5) is 41.4. The maximum Gasteiger partial charge on any atom is 0.331 e. The number of hydrogen-bond acceptors (Lipinski definition) is 5. The largest absolute Gasteiger partial charge is 0.468 e. The lowest BCUT2D eigenvalue weighted by Gasteiger charge is -2.17. The van der Waals surface area contributed by atoms with E-state index >= 15 is 0 Å². The molecule has 31 heavy (non-hydrogen) atoms. The molecule has 0 N–H and O–H groups in total. The van der Waals surface area contributed by atoms with Gasteiger partial charge in [0.05, 0.1) is 29.4 Å². The van der Waals surface area contributed by atoms with E-state index in [9.17, 15) is 14.4 Å². The molecule has 3 rings (SSSR count). The van der Waals surface area contributed by atoms with Gasteiger partial charge in [-0.05, 0) is 37.7 Å². The highest BCUT2D eigenvalue weighted by Gasteiger charge is 2.19. The average molecular weight is 424 g/mol. The van der Waals surface area contributed by atoms with Crippen molar-refractivity contribution < 1.29 is 9.53 Å². The van der Waals surface area contributed by atoms with Crippen molar-refractivity contribution in [1.29, 1.82) is 0 Å². The first-order valence-corrected chi connectivity index (χ1v) is 10.6. The Labute approximate surface area is 181 Å². The number of ether oxygens (including phenoxy) is 1. The lowest BCUT2D eigenvalue weighted by Crippen LogP contribution is -2.40. The fourth-order valence-electron chi connectivity index (χ4n) is 3.73. The van der Waals surface area contributed by atoms with Gasteiger partial charge in [-0.1, -0.05) is 43.7 Å². The van der Waals surface area contributed by atoms with Crippen molar-refractivity contribution in [3.63, 3.8) is 0 Å². The second kappa shape index (κ2) is 9.73. The van der Waals surface area contributed by atoms with E-state index in [1.165, 1.54) is 9.13 Å². The number of nitrogens with zero attached hydrogens (tertiary/aromatic N) is 3. The lowest BCUT2D eigenvalue weighted by atomic mass is 9.95. The average Bonchev–Trinajstić information content (AvgIpc) is 2.75. The Hall–Kier alpha value is -3.22. The Bertz CT molecular complexity index is 1190. The van der Waals surface area contributed by atoms with Gasteiger partial charge in [0.25, 0.3) is 12.0 Å². The van der Waals surface area contributed by atoms with Gasteiger partial charge >= 0.3 is 5.69 Å². The monoisotopic (exact) mass is 423 g/mol. The molecule has 0 unspecified atom stereocenters. The number of aryl methyl sites for hydroxylation is 3. The summed E-state index contributed by atoms with van der Waals surface area (Å²) in [5, 5.41) is 0.532. The smallest absolute Gasteiger partial charge is 0.331 e. The summed E-state index contributed by atoms with van der Waals surface area (Å²) >= 11 is 0. The molecule has 0 aliphatic carbocycles. The molecule has 0 aliphatic heterocycles. The van der Waals surface area contributed by atoms with E-state index in [2.05, 4.69) is 18.8 Å². The molecule has 2 heterocycles. The third-order valence-electron chi connectivity index (χ3n) is 5.51. The van der Waals surface area contributed by atoms with Gasteiger partial charge in [0.2, 0.25) is 0 Å². The lowest BCUT2D eigenvalue weighted by molar-refractivity contribution is -0.128. The Balaban J connectivity index is 2.25. The molecule has 0 amide bonds. The summed E-state index contributed by atoms with van der Waals surface area (Å²) < 4.78 is 7.42. The van der Waals surface area contributed by atoms with Crippen LogP contribution >= 0.6 is 0 Å². The van der Waals surface area contributed by atoms with Crippen molar-refractivity contribution in [2.45, 2.75) is 46.6 Å². The van der Waals surface area contributed by atoms with E-state index in [0.717, 1.165) is 28.8 Å². The van der Waals surface area contributed by atoms with Crippen LogP contribution in [0.15, 0.2) is 40.1 Å². The maximum atomic E-state index is 13.5. The predicted octanol–water partition coefficient (Wildman–Crippen LogP) is 3.22. The zero-order valence-electron chi connectivity index (χ0n) is 18.6. The van der Waals surface area contributed by atoms with E-state index < -0.39 is 5.69 Å². The van der Waals surface area contributed by atoms with Crippen molar-refractivity contribution >= 4 is 17.4 Å². The molecule has 0 atom stereocenters. The molecule has 0 radical (unpaired) electrons. The van der Waals surface area contributed by atoms with Crippen LogP contribution in [-0.2, 0) is 29.5 Å². The molecule has 164 valence electrons. The first kappa shape index (κ1) is 22.5. The SMILES string of the molecule is Cc1ccc(-c2ncc3c(c2CCC(C)C)c(=O)n(CCCOC=O)c(=O)n3C)cc1. The fraction of sp³-hybridized carbons (Fsp3) is 0.417. The highest BCUT2D eigenvalue weighted by Crippen LogP contribution is 2.28. The van der Waals surface area contributed by atoms with Gasteiger partial charge in [0.1, 0.15) is 0 Å². The number of rotatable bonds is 9. The van der Waals surface area contributed by atoms with Crippen LogP contribution in [0.5, 0.6) is 0 Å². The summed E-state index contributed by atoms with van der Waals surface area (Å²) in [6.45, 7) is 7.02. The molecule has 3 aromatic rings. The quantitative estimate of drug-likeness (QED) is 0.390. The van der Waals surface area contributed by atoms with Gasteiger partial charge in [-0.3, -0.25) is 23.7 Å². The molecule has 0 saturated carbocycles. The van der Waals surface area contributed by atoms with E-state index in [0.29, 0.717) is 36.1 Å². The number of carbonyl (C=O) groups excluding carboxylic acids is 1. The summed E-state index contributed by atoms with van der Waals surface area (Å²) in [6.07, 6.45) is 3.59. The first-order chi connectivity index (χ1) is 14.8. The molecule has 2 aromatic heterocycles. The second-order valence-electron chi connectivity index (χ2n) is 8.26. The number of aromatic nitrogens is 3. The van der Waals surface area contributed by atoms with Crippen LogP contribution in [0, 0.1) is 12.8 Å². The van der Waals surface area contributed by atoms with Crippen LogP contribution in [0.4, 0.5) is 0 Å². The van der Waals surface area contributed by atoms with Crippen LogP contribution in [0.25, 0.3) is 22.2 Å². The molecule has 0 fully saturated rings. The number of pyridine rings is 1. The van der Waals surface area contributed by atoms with Gasteiger partial charge in [0.15, 0.2) is 0 Å². The number of carbonyl (C=O) groups is 1. The number of hydrogen-bond donors (Lipinski definition) is 0. The number of benzene rings is 1. The predicted molar refractivity (Wildman–Crippen MR) is 121 cm³/mol. The van der Waals surface area contributed by atoms with Crippen LogP contribution in [0.3, 0.4) is 0 Å². The van der Waals surface area contributed by atoms with Gasteiger partial charge in [-0.2, -0.15) is 0 Å². The standard InChI is InChI=1S/C24H29N3O4/c1-16(2)6-11-19-21-20(14-25-22(19)18-9-7-17(3)8-10-18)26(4)24(30)27(23(21)29)12-5-13-31-15-28/h7-10,14-16H,5-6,11-13H2,1-4H3. The van der Waals surface area contributed by atoms with Crippen LogP contribution < -0.4 is 11.2 Å². The first-order valence-electron chi connectivity index (χ1n) is 10.6. The normalized spacial score (nSPS) is 11.3. The van der Waals surface area contributed by atoms with Gasteiger partial charge in [-0.25, -0.2) is 4.79 Å². The summed E-state index contributed by atoms with van der Waals surface area (Å²) in [6, 6.07) is 8.08. The Kier molecular flexibility index (Phi) is 7.05. The van der Waals surface area contributed by atoms with Crippen LogP contribution in [-0.4, -0.2) is 27.2 Å². The Morgan fingerprint density at radius 1 is 1.16 bits per heavy atom. The van der Waals surface area contributed by atoms with Crippen molar-refractivity contribution in [2.24, 2.45) is 13.0 Å². The molecule has 7 nitrogen and oxygen atoms in total. The minimum absolute atomic E-state index is 0.155. The molecule has 0 bridgehead atoms. The van der Waals surface area contributed by atoms with Gasteiger partial charge < -0.3 is 4.74 Å². The van der Waals surface area contributed by atoms with Gasteiger partial charge in [0, 0.05) is 19.2 Å². The van der Waals surface area contributed by atoms with Crippen LogP contribution in [0.1, 0.15) is 37.8 Å². The molecular weight excluding hydrogens is 394 g/mol. The van der Waals surface area contributed by atoms with Gasteiger partial charge in [-0.15, -0.1) is 0 Å². The fourth-order valence-corrected chi connectivity index (χ4v) is 3.73. The minimum atomic E-state index is -0.400. The molecule has 0 aliphatic rings. The summed E-state index contributed by atoms with van der Waals surface area (Å²) in [7, 11) is 1.65. The van der Waals surface area contributed by atoms with Crippen molar-refractivity contribution in [3.8, 4) is 11.3 Å². The van der Waals surface area contributed by atoms with E-state index in [1.807, 2.05) is 31.2 Å². The van der Waals surface area contributed by atoms with Crippen molar-refractivity contribution in [3.05, 3.63) is 62.4 Å². The second-order valence-corrected chi connectivity index (χ2v) is 8.26. The highest BCUT2D eigenvalue weighted by molar-refractivity contribution is 5.86. The number of fused-ring (bicyclic) bond motifs is 1. The molecule has 7 heteroatoms. The third kappa shape index (κ3) is 4.76. The zero-order valence-corrected chi connectivity index (χ0v) is 18.6. The maximum absolute atomic E-state index is 13.5. The molecule has 0 saturated heterocycles. The van der Waals surface area contributed by atoms with E-state index in [4.69, 9.17) is 4.74 Å². The van der Waals surface area contributed by atoms with E-state index in [1.54, 1.807) is 13.2 Å². The van der Waals surface area contributed by atoms with Crippen molar-refractivity contribution in [1.82, 2.24) is 14.1 Å². The summed E-state index contributed by atoms with van der Waals surface area (Å²) in [5.41, 5.74) is 3.56. The third-order valence-corrected chi connectivity index (χ3v) is 5.51. The van der Waals surface area contributed by atoms with Crippen molar-refractivity contribution in [2.75, 3.05) is 6.61 Å². The highest BCUT2D eigenvalue weighted by atomic mass is 16.5. The van der Waals surface area contributed by atoms with E-state index in [-0.39, 0.29) is 18.7 Å². The minimum Gasteiger partial charge on any atom is -0.468 e. The Morgan fingerprint density at radius 2 is 1.87 bits per heavy atom. The Morgan fingerprint density at radius 3 is 2.52 bits per heavy atom. The van der Waals surface area contributed by atoms with Crippen LogP contribution in [0.2, 0.25) is 0 Å². The molecular formula is C24H29N3O4. The zero-order chi connectivity index (χ0) is 22.5. The molecule has 1 aromatic carbocycles.